The molecule has 152 valence electrons. The molecule has 0 bridgehead atoms. The molecule has 0 radical (unpaired) electrons. The van der Waals surface area contributed by atoms with E-state index >= 15 is 0 Å². The first kappa shape index (κ1) is 21.5. The molecule has 1 aromatic carbocycles. The van der Waals surface area contributed by atoms with Gasteiger partial charge in [-0.25, -0.2) is 8.42 Å². The van der Waals surface area contributed by atoms with Gasteiger partial charge in [-0.05, 0) is 37.8 Å². The molecule has 1 aliphatic rings. The number of nitrogens with two attached hydrogens (primary N) is 1. The van der Waals surface area contributed by atoms with E-state index in [0.717, 1.165) is 0 Å². The van der Waals surface area contributed by atoms with Gasteiger partial charge in [-0.2, -0.15) is 4.31 Å². The fraction of sp³-hybridized carbons (Fsp3) is 0.611. The molecule has 0 saturated carbocycles. The fourth-order valence-corrected chi connectivity index (χ4v) is 4.59. The van der Waals surface area contributed by atoms with Gasteiger partial charge in [0.1, 0.15) is 0 Å². The van der Waals surface area contributed by atoms with Crippen molar-refractivity contribution in [2.24, 2.45) is 11.7 Å². The van der Waals surface area contributed by atoms with Gasteiger partial charge < -0.3 is 20.5 Å². The molecule has 8 nitrogen and oxygen atoms in total. The second-order valence-electron chi connectivity index (χ2n) is 6.85. The summed E-state index contributed by atoms with van der Waals surface area (Å²) in [7, 11) is -0.621. The van der Waals surface area contributed by atoms with Crippen molar-refractivity contribution in [3.05, 3.63) is 18.2 Å². The molecule has 9 heteroatoms. The van der Waals surface area contributed by atoms with Crippen LogP contribution in [0.1, 0.15) is 26.2 Å². The highest BCUT2D eigenvalue weighted by atomic mass is 32.2. The maximum atomic E-state index is 12.9. The lowest BCUT2D eigenvalue weighted by Gasteiger charge is -2.31. The number of rotatable bonds is 8. The standard InChI is InChI=1S/C18H29N3O5S/c1-13(19)10-18(22)20-12-14-6-8-21(9-7-14)27(23,24)15-4-5-16(25-2)17(11-15)26-3/h4-5,11,13-14H,6-10,12,19H2,1-3H3,(H,20,22). The number of piperidine rings is 1. The third kappa shape index (κ3) is 5.57. The molecule has 1 heterocycles. The summed E-state index contributed by atoms with van der Waals surface area (Å²) in [6.45, 7) is 3.18. The van der Waals surface area contributed by atoms with E-state index in [1.54, 1.807) is 13.0 Å². The minimum atomic E-state index is -3.60. The molecule has 1 aliphatic heterocycles. The van der Waals surface area contributed by atoms with Crippen LogP contribution in [0.25, 0.3) is 0 Å². The number of benzene rings is 1. The summed E-state index contributed by atoms with van der Waals surface area (Å²) >= 11 is 0. The Morgan fingerprint density at radius 1 is 1.26 bits per heavy atom. The predicted molar refractivity (Wildman–Crippen MR) is 102 cm³/mol. The van der Waals surface area contributed by atoms with Crippen molar-refractivity contribution in [1.29, 1.82) is 0 Å². The van der Waals surface area contributed by atoms with Crippen molar-refractivity contribution in [3.8, 4) is 11.5 Å². The van der Waals surface area contributed by atoms with Crippen LogP contribution in [0.2, 0.25) is 0 Å². The Hall–Kier alpha value is -1.84. The zero-order valence-electron chi connectivity index (χ0n) is 16.1. The average Bonchev–Trinajstić information content (AvgIpc) is 2.65. The van der Waals surface area contributed by atoms with Gasteiger partial charge >= 0.3 is 0 Å². The van der Waals surface area contributed by atoms with E-state index in [0.29, 0.717) is 50.4 Å². The zero-order chi connectivity index (χ0) is 20.0. The third-order valence-corrected chi connectivity index (χ3v) is 6.56. The van der Waals surface area contributed by atoms with Crippen molar-refractivity contribution < 1.29 is 22.7 Å². The first-order valence-corrected chi connectivity index (χ1v) is 10.5. The van der Waals surface area contributed by atoms with E-state index in [1.807, 2.05) is 0 Å². The quantitative estimate of drug-likeness (QED) is 0.674. The summed E-state index contributed by atoms with van der Waals surface area (Å²) in [5, 5.41) is 2.88. The number of hydrogen-bond donors (Lipinski definition) is 2. The number of methoxy groups -OCH3 is 2. The van der Waals surface area contributed by atoms with Gasteiger partial charge in [0, 0.05) is 38.2 Å². The van der Waals surface area contributed by atoms with Crippen LogP contribution in [0.15, 0.2) is 23.1 Å². The molecule has 1 fully saturated rings. The number of carbonyl (C=O) groups is 1. The first-order valence-electron chi connectivity index (χ1n) is 9.02. The molecule has 1 saturated heterocycles. The van der Waals surface area contributed by atoms with E-state index in [-0.39, 0.29) is 22.8 Å². The minimum absolute atomic E-state index is 0.0645. The maximum absolute atomic E-state index is 12.9. The number of nitrogens with one attached hydrogen (secondary N) is 1. The second kappa shape index (κ2) is 9.38. The summed E-state index contributed by atoms with van der Waals surface area (Å²) in [4.78, 5) is 11.9. The predicted octanol–water partition coefficient (Wildman–Crippen LogP) is 0.958. The summed E-state index contributed by atoms with van der Waals surface area (Å²) in [5.41, 5.74) is 5.61. The van der Waals surface area contributed by atoms with Crippen LogP contribution in [-0.4, -0.2) is 58.5 Å². The van der Waals surface area contributed by atoms with Gasteiger partial charge in [0.2, 0.25) is 15.9 Å². The highest BCUT2D eigenvalue weighted by molar-refractivity contribution is 7.89. The Bertz CT molecular complexity index is 743. The fourth-order valence-electron chi connectivity index (χ4n) is 3.10. The zero-order valence-corrected chi connectivity index (χ0v) is 16.9. The van der Waals surface area contributed by atoms with Crippen LogP contribution in [0.5, 0.6) is 11.5 Å². The Balaban J connectivity index is 1.95. The average molecular weight is 400 g/mol. The first-order chi connectivity index (χ1) is 12.8. The highest BCUT2D eigenvalue weighted by Gasteiger charge is 2.30. The number of nitrogens with zero attached hydrogens (tertiary/aromatic N) is 1. The Kier molecular flexibility index (Phi) is 7.46. The molecule has 1 amide bonds. The Labute approximate surface area is 161 Å². The van der Waals surface area contributed by atoms with Crippen molar-refractivity contribution >= 4 is 15.9 Å². The summed E-state index contributed by atoms with van der Waals surface area (Å²) in [6, 6.07) is 4.43. The monoisotopic (exact) mass is 399 g/mol. The number of carbonyl (C=O) groups excluding carboxylic acids is 1. The van der Waals surface area contributed by atoms with E-state index in [9.17, 15) is 13.2 Å². The highest BCUT2D eigenvalue weighted by Crippen LogP contribution is 2.31. The SMILES string of the molecule is COc1ccc(S(=O)(=O)N2CCC(CNC(=O)CC(C)N)CC2)cc1OC. The number of hydrogen-bond acceptors (Lipinski definition) is 6. The number of sulfonamides is 1. The van der Waals surface area contributed by atoms with E-state index in [2.05, 4.69) is 5.32 Å². The van der Waals surface area contributed by atoms with Gasteiger partial charge in [0.25, 0.3) is 0 Å². The molecule has 3 N–H and O–H groups in total. The smallest absolute Gasteiger partial charge is 0.243 e. The third-order valence-electron chi connectivity index (χ3n) is 4.66. The molecule has 0 aliphatic carbocycles. The van der Waals surface area contributed by atoms with Crippen LogP contribution < -0.4 is 20.5 Å². The molecular formula is C18H29N3O5S. The largest absolute Gasteiger partial charge is 0.493 e. The molecule has 0 aromatic heterocycles. The topological polar surface area (TPSA) is 111 Å². The van der Waals surface area contributed by atoms with Crippen LogP contribution in [-0.2, 0) is 14.8 Å². The lowest BCUT2D eigenvalue weighted by molar-refractivity contribution is -0.121. The molecule has 1 atom stereocenters. The van der Waals surface area contributed by atoms with Crippen LogP contribution in [0.4, 0.5) is 0 Å². The van der Waals surface area contributed by atoms with Crippen molar-refractivity contribution in [2.45, 2.75) is 37.1 Å². The van der Waals surface area contributed by atoms with Gasteiger partial charge in [-0.1, -0.05) is 0 Å². The van der Waals surface area contributed by atoms with E-state index in [1.165, 1.54) is 30.7 Å². The number of amides is 1. The Morgan fingerprint density at radius 3 is 2.44 bits per heavy atom. The van der Waals surface area contributed by atoms with E-state index in [4.69, 9.17) is 15.2 Å². The second-order valence-corrected chi connectivity index (χ2v) is 8.79. The van der Waals surface area contributed by atoms with E-state index < -0.39 is 10.0 Å². The van der Waals surface area contributed by atoms with Gasteiger partial charge in [0.05, 0.1) is 19.1 Å². The van der Waals surface area contributed by atoms with Gasteiger partial charge in [-0.3, -0.25) is 4.79 Å². The molecule has 1 aromatic rings. The van der Waals surface area contributed by atoms with Gasteiger partial charge in [-0.15, -0.1) is 0 Å². The Morgan fingerprint density at radius 2 is 1.89 bits per heavy atom. The molecule has 1 unspecified atom stereocenters. The molecule has 2 rings (SSSR count). The summed E-state index contributed by atoms with van der Waals surface area (Å²) in [5.74, 6) is 1.06. The van der Waals surface area contributed by atoms with Crippen LogP contribution in [0.3, 0.4) is 0 Å². The lowest BCUT2D eigenvalue weighted by atomic mass is 9.98. The summed E-state index contributed by atoms with van der Waals surface area (Å²) in [6.07, 6.45) is 1.70. The van der Waals surface area contributed by atoms with Crippen LogP contribution in [0, 0.1) is 5.92 Å². The molecule has 27 heavy (non-hydrogen) atoms. The minimum Gasteiger partial charge on any atom is -0.493 e. The molecule has 0 spiro atoms. The maximum Gasteiger partial charge on any atom is 0.243 e. The van der Waals surface area contributed by atoms with Crippen LogP contribution >= 0.6 is 0 Å². The van der Waals surface area contributed by atoms with Crippen molar-refractivity contribution in [2.75, 3.05) is 33.9 Å². The van der Waals surface area contributed by atoms with Crippen molar-refractivity contribution in [1.82, 2.24) is 9.62 Å². The van der Waals surface area contributed by atoms with Crippen molar-refractivity contribution in [3.63, 3.8) is 0 Å². The normalized spacial score (nSPS) is 17.3. The lowest BCUT2D eigenvalue weighted by Crippen LogP contribution is -2.42. The summed E-state index contributed by atoms with van der Waals surface area (Å²) < 4.78 is 37.6. The molecular weight excluding hydrogens is 370 g/mol. The number of ether oxygens (including phenoxy) is 2. The van der Waals surface area contributed by atoms with Gasteiger partial charge in [0.15, 0.2) is 11.5 Å².